The molecule has 1 aromatic rings. The lowest BCUT2D eigenvalue weighted by Crippen LogP contribution is -2.12. The number of aromatic nitrogens is 2. The first-order chi connectivity index (χ1) is 6.73. The Morgan fingerprint density at radius 3 is 2.47 bits per heavy atom. The summed E-state index contributed by atoms with van der Waals surface area (Å²) in [5.74, 6) is -1.31. The second kappa shape index (κ2) is 3.56. The number of halogens is 3. The third-order valence-corrected chi connectivity index (χ3v) is 2.05. The number of rotatable bonds is 2. The van der Waals surface area contributed by atoms with Crippen molar-refractivity contribution in [2.75, 3.05) is 0 Å². The van der Waals surface area contributed by atoms with Gasteiger partial charge in [-0.25, -0.2) is 0 Å². The van der Waals surface area contributed by atoms with Crippen molar-refractivity contribution in [3.63, 3.8) is 0 Å². The number of alkyl halides is 3. The summed E-state index contributed by atoms with van der Waals surface area (Å²) in [7, 11) is 1.34. The first-order valence-electron chi connectivity index (χ1n) is 4.05. The summed E-state index contributed by atoms with van der Waals surface area (Å²) in [6.07, 6.45) is -5.29. The summed E-state index contributed by atoms with van der Waals surface area (Å²) >= 11 is 0. The fourth-order valence-corrected chi connectivity index (χ4v) is 1.24. The van der Waals surface area contributed by atoms with Crippen LogP contribution in [0.4, 0.5) is 13.2 Å². The Bertz CT molecular complexity index is 395. The van der Waals surface area contributed by atoms with Crippen LogP contribution in [0.5, 0.6) is 0 Å². The molecule has 1 heterocycles. The molecule has 0 aliphatic rings. The molecule has 0 saturated carbocycles. The predicted molar refractivity (Wildman–Crippen MR) is 44.3 cm³/mol. The minimum atomic E-state index is -4.61. The number of nitrogens with zero attached hydrogens (tertiary/aromatic N) is 2. The monoisotopic (exact) mass is 222 g/mol. The van der Waals surface area contributed by atoms with Crippen molar-refractivity contribution in [3.8, 4) is 0 Å². The average molecular weight is 222 g/mol. The molecule has 0 aliphatic heterocycles. The molecule has 0 radical (unpaired) electrons. The third kappa shape index (κ3) is 2.28. The van der Waals surface area contributed by atoms with Gasteiger partial charge in [0.15, 0.2) is 5.69 Å². The summed E-state index contributed by atoms with van der Waals surface area (Å²) in [5.41, 5.74) is -1.19. The van der Waals surface area contributed by atoms with Crippen LogP contribution in [0, 0.1) is 6.92 Å². The molecule has 1 aromatic heterocycles. The minimum Gasteiger partial charge on any atom is -0.481 e. The predicted octanol–water partition coefficient (Wildman–Crippen LogP) is 1.37. The SMILES string of the molecule is Cc1c(CC(=O)O)c(C(F)(F)F)nn1C. The van der Waals surface area contributed by atoms with Crippen LogP contribution in [0.2, 0.25) is 0 Å². The highest BCUT2D eigenvalue weighted by Gasteiger charge is 2.38. The number of carboxylic acids is 1. The van der Waals surface area contributed by atoms with Crippen LogP contribution in [0.3, 0.4) is 0 Å². The standard InChI is InChI=1S/C8H9F3N2O2/c1-4-5(3-6(14)15)7(8(9,10)11)12-13(4)2/h3H2,1-2H3,(H,14,15). The van der Waals surface area contributed by atoms with Crippen LogP contribution < -0.4 is 0 Å². The van der Waals surface area contributed by atoms with E-state index in [1.165, 1.54) is 14.0 Å². The van der Waals surface area contributed by atoms with Gasteiger partial charge in [0.2, 0.25) is 0 Å². The number of carboxylic acid groups (broad SMARTS) is 1. The number of hydrogen-bond donors (Lipinski definition) is 1. The highest BCUT2D eigenvalue weighted by Crippen LogP contribution is 2.32. The van der Waals surface area contributed by atoms with Gasteiger partial charge in [-0.05, 0) is 6.92 Å². The number of aryl methyl sites for hydroxylation is 1. The molecule has 7 heteroatoms. The van der Waals surface area contributed by atoms with Gasteiger partial charge < -0.3 is 5.11 Å². The van der Waals surface area contributed by atoms with Crippen molar-refractivity contribution in [1.29, 1.82) is 0 Å². The smallest absolute Gasteiger partial charge is 0.435 e. The molecular formula is C8H9F3N2O2. The highest BCUT2D eigenvalue weighted by molar-refractivity contribution is 5.71. The zero-order valence-corrected chi connectivity index (χ0v) is 8.09. The van der Waals surface area contributed by atoms with E-state index in [1.54, 1.807) is 0 Å². The number of carbonyl (C=O) groups is 1. The molecule has 0 aromatic carbocycles. The summed E-state index contributed by atoms with van der Waals surface area (Å²) in [6.45, 7) is 1.40. The first-order valence-corrected chi connectivity index (χ1v) is 4.05. The normalized spacial score (nSPS) is 11.8. The number of hydrogen-bond acceptors (Lipinski definition) is 2. The largest absolute Gasteiger partial charge is 0.481 e. The fraction of sp³-hybridized carbons (Fsp3) is 0.500. The summed E-state index contributed by atoms with van der Waals surface area (Å²) < 4.78 is 38.3. The Labute approximate surface area is 83.3 Å². The topological polar surface area (TPSA) is 55.1 Å². The van der Waals surface area contributed by atoms with Gasteiger partial charge >= 0.3 is 12.1 Å². The molecular weight excluding hydrogens is 213 g/mol. The van der Waals surface area contributed by atoms with Gasteiger partial charge in [0.1, 0.15) is 0 Å². The zero-order chi connectivity index (χ0) is 11.8. The van der Waals surface area contributed by atoms with E-state index in [0.717, 1.165) is 4.68 Å². The summed E-state index contributed by atoms with van der Waals surface area (Å²) in [5, 5.41) is 11.7. The maximum absolute atomic E-state index is 12.4. The molecule has 1 N–H and O–H groups in total. The van der Waals surface area contributed by atoms with E-state index >= 15 is 0 Å². The van der Waals surface area contributed by atoms with E-state index in [-0.39, 0.29) is 11.3 Å². The van der Waals surface area contributed by atoms with Crippen molar-refractivity contribution >= 4 is 5.97 Å². The molecule has 0 amide bonds. The second-order valence-electron chi connectivity index (χ2n) is 3.10. The van der Waals surface area contributed by atoms with Crippen molar-refractivity contribution < 1.29 is 23.1 Å². The van der Waals surface area contributed by atoms with Gasteiger partial charge in [-0.1, -0.05) is 0 Å². The summed E-state index contributed by atoms with van der Waals surface area (Å²) in [6, 6.07) is 0. The van der Waals surface area contributed by atoms with Gasteiger partial charge in [-0.3, -0.25) is 9.48 Å². The van der Waals surface area contributed by atoms with Crippen molar-refractivity contribution in [2.24, 2.45) is 7.05 Å². The van der Waals surface area contributed by atoms with Gasteiger partial charge in [-0.2, -0.15) is 18.3 Å². The van der Waals surface area contributed by atoms with Gasteiger partial charge in [0.05, 0.1) is 6.42 Å². The van der Waals surface area contributed by atoms with E-state index in [1.807, 2.05) is 0 Å². The number of aliphatic carboxylic acids is 1. The van der Waals surface area contributed by atoms with Crippen molar-refractivity contribution in [2.45, 2.75) is 19.5 Å². The van der Waals surface area contributed by atoms with Crippen LogP contribution in [-0.4, -0.2) is 20.9 Å². The molecule has 0 saturated heterocycles. The molecule has 0 unspecified atom stereocenters. The van der Waals surface area contributed by atoms with Crippen LogP contribution >= 0.6 is 0 Å². The lowest BCUT2D eigenvalue weighted by Gasteiger charge is -2.04. The first kappa shape index (κ1) is 11.5. The zero-order valence-electron chi connectivity index (χ0n) is 8.09. The molecule has 0 spiro atoms. The molecule has 0 atom stereocenters. The Balaban J connectivity index is 3.27. The Kier molecular flexibility index (Phi) is 2.74. The van der Waals surface area contributed by atoms with Crippen LogP contribution in [0.15, 0.2) is 0 Å². The van der Waals surface area contributed by atoms with Crippen molar-refractivity contribution in [1.82, 2.24) is 9.78 Å². The third-order valence-electron chi connectivity index (χ3n) is 2.05. The molecule has 84 valence electrons. The van der Waals surface area contributed by atoms with Gasteiger partial charge in [0, 0.05) is 18.3 Å². The molecule has 0 aliphatic carbocycles. The fourth-order valence-electron chi connectivity index (χ4n) is 1.24. The maximum Gasteiger partial charge on any atom is 0.435 e. The molecule has 4 nitrogen and oxygen atoms in total. The Hall–Kier alpha value is -1.53. The van der Waals surface area contributed by atoms with Crippen LogP contribution in [0.1, 0.15) is 17.0 Å². The van der Waals surface area contributed by atoms with Gasteiger partial charge in [-0.15, -0.1) is 0 Å². The molecule has 1 rings (SSSR count). The van der Waals surface area contributed by atoms with E-state index in [0.29, 0.717) is 0 Å². The molecule has 0 bridgehead atoms. The lowest BCUT2D eigenvalue weighted by atomic mass is 10.1. The van der Waals surface area contributed by atoms with E-state index in [9.17, 15) is 18.0 Å². The van der Waals surface area contributed by atoms with E-state index in [4.69, 9.17) is 5.11 Å². The quantitative estimate of drug-likeness (QED) is 0.822. The van der Waals surface area contributed by atoms with E-state index < -0.39 is 24.3 Å². The second-order valence-corrected chi connectivity index (χ2v) is 3.10. The van der Waals surface area contributed by atoms with Gasteiger partial charge in [0.25, 0.3) is 0 Å². The Morgan fingerprint density at radius 2 is 2.07 bits per heavy atom. The lowest BCUT2D eigenvalue weighted by molar-refractivity contribution is -0.142. The molecule has 0 fully saturated rings. The minimum absolute atomic E-state index is 0.213. The molecule has 15 heavy (non-hydrogen) atoms. The van der Waals surface area contributed by atoms with E-state index in [2.05, 4.69) is 5.10 Å². The average Bonchev–Trinajstić information content (AvgIpc) is 2.30. The Morgan fingerprint density at radius 1 is 1.53 bits per heavy atom. The highest BCUT2D eigenvalue weighted by atomic mass is 19.4. The summed E-state index contributed by atoms with van der Waals surface area (Å²) in [4.78, 5) is 10.4. The maximum atomic E-state index is 12.4. The van der Waals surface area contributed by atoms with Crippen LogP contribution in [-0.2, 0) is 24.4 Å². The van der Waals surface area contributed by atoms with Crippen LogP contribution in [0.25, 0.3) is 0 Å². The van der Waals surface area contributed by atoms with Crippen molar-refractivity contribution in [3.05, 3.63) is 17.0 Å².